The molecule has 4 heteroatoms. The minimum Gasteiger partial charge on any atom is -0.378 e. The summed E-state index contributed by atoms with van der Waals surface area (Å²) in [5.41, 5.74) is 0.672. The van der Waals surface area contributed by atoms with Crippen LogP contribution < -0.4 is 0 Å². The van der Waals surface area contributed by atoms with Crippen molar-refractivity contribution in [3.63, 3.8) is 0 Å². The Kier molecular flexibility index (Phi) is 2.53. The lowest BCUT2D eigenvalue weighted by Gasteiger charge is -2.33. The van der Waals surface area contributed by atoms with E-state index >= 15 is 0 Å². The Morgan fingerprint density at radius 3 is 3.00 bits per heavy atom. The predicted octanol–water partition coefficient (Wildman–Crippen LogP) is 2.23. The van der Waals surface area contributed by atoms with Crippen LogP contribution in [-0.2, 0) is 16.8 Å². The van der Waals surface area contributed by atoms with Crippen molar-refractivity contribution in [3.8, 4) is 6.07 Å². The summed E-state index contributed by atoms with van der Waals surface area (Å²) in [5.74, 6) is 0. The van der Waals surface area contributed by atoms with Gasteiger partial charge in [0.15, 0.2) is 0 Å². The van der Waals surface area contributed by atoms with Gasteiger partial charge in [-0.25, -0.2) is 4.98 Å². The first kappa shape index (κ1) is 9.63. The highest BCUT2D eigenvalue weighted by Crippen LogP contribution is 2.43. The Morgan fingerprint density at radius 1 is 1.71 bits per heavy atom. The fraction of sp³-hybridized carbons (Fsp3) is 0.600. The van der Waals surface area contributed by atoms with Crippen molar-refractivity contribution in [2.45, 2.75) is 31.3 Å². The largest absolute Gasteiger partial charge is 0.378 e. The molecule has 0 aromatic carbocycles. The maximum absolute atomic E-state index is 9.11. The Bertz CT molecular complexity index is 362. The molecule has 74 valence electrons. The van der Waals surface area contributed by atoms with Gasteiger partial charge in [0, 0.05) is 12.5 Å². The number of aromatic nitrogens is 1. The van der Waals surface area contributed by atoms with E-state index in [1.807, 2.05) is 5.38 Å². The molecule has 1 saturated carbocycles. The third kappa shape index (κ3) is 1.43. The first-order valence-corrected chi connectivity index (χ1v) is 5.54. The molecule has 1 aromatic rings. The molecule has 1 aliphatic rings. The molecule has 0 atom stereocenters. The molecule has 2 rings (SSSR count). The normalized spacial score (nSPS) is 18.6. The van der Waals surface area contributed by atoms with Crippen LogP contribution in [-0.4, -0.2) is 12.1 Å². The van der Waals surface area contributed by atoms with Crippen LogP contribution in [0, 0.1) is 11.3 Å². The Labute approximate surface area is 87.3 Å². The van der Waals surface area contributed by atoms with Crippen molar-refractivity contribution >= 4 is 11.3 Å². The van der Waals surface area contributed by atoms with Gasteiger partial charge in [0.05, 0.1) is 18.4 Å². The summed E-state index contributed by atoms with van der Waals surface area (Å²) in [4.78, 5) is 4.44. The number of methoxy groups -OCH3 is 1. The summed E-state index contributed by atoms with van der Waals surface area (Å²) in [6.45, 7) is 0.548. The van der Waals surface area contributed by atoms with Crippen LogP contribution in [0.15, 0.2) is 5.38 Å². The quantitative estimate of drug-likeness (QED) is 0.765. The molecule has 0 saturated heterocycles. The van der Waals surface area contributed by atoms with Crippen molar-refractivity contribution in [2.75, 3.05) is 7.11 Å². The highest BCUT2D eigenvalue weighted by atomic mass is 32.1. The fourth-order valence-electron chi connectivity index (χ4n) is 1.68. The van der Waals surface area contributed by atoms with Gasteiger partial charge in [0.1, 0.15) is 10.4 Å². The molecule has 3 nitrogen and oxygen atoms in total. The first-order valence-electron chi connectivity index (χ1n) is 4.66. The minimum atomic E-state index is -0.275. The maximum atomic E-state index is 9.11. The van der Waals surface area contributed by atoms with Gasteiger partial charge >= 0.3 is 0 Å². The summed E-state index contributed by atoms with van der Waals surface area (Å²) in [5, 5.41) is 12.1. The number of nitrogens with zero attached hydrogens (tertiary/aromatic N) is 2. The molecule has 0 unspecified atom stereocenters. The molecule has 0 spiro atoms. The lowest BCUT2D eigenvalue weighted by Crippen LogP contribution is -2.32. The number of hydrogen-bond donors (Lipinski definition) is 0. The average Bonchev–Trinajstić information content (AvgIpc) is 2.54. The average molecular weight is 208 g/mol. The van der Waals surface area contributed by atoms with Crippen LogP contribution >= 0.6 is 11.3 Å². The van der Waals surface area contributed by atoms with Crippen LogP contribution in [0.25, 0.3) is 0 Å². The van der Waals surface area contributed by atoms with E-state index in [0.717, 1.165) is 30.0 Å². The van der Waals surface area contributed by atoms with Crippen LogP contribution in [0.2, 0.25) is 0 Å². The van der Waals surface area contributed by atoms with Crippen LogP contribution in [0.3, 0.4) is 0 Å². The molecule has 14 heavy (non-hydrogen) atoms. The van der Waals surface area contributed by atoms with Gasteiger partial charge in [-0.2, -0.15) is 5.26 Å². The van der Waals surface area contributed by atoms with Crippen molar-refractivity contribution in [1.82, 2.24) is 4.98 Å². The highest BCUT2D eigenvalue weighted by molar-refractivity contribution is 7.09. The predicted molar refractivity (Wildman–Crippen MR) is 54.0 cm³/mol. The maximum Gasteiger partial charge on any atom is 0.119 e. The minimum absolute atomic E-state index is 0.275. The van der Waals surface area contributed by atoms with E-state index in [2.05, 4.69) is 11.1 Å². The second-order valence-electron chi connectivity index (χ2n) is 3.61. The van der Waals surface area contributed by atoms with Crippen LogP contribution in [0.5, 0.6) is 0 Å². The highest BCUT2D eigenvalue weighted by Gasteiger charge is 2.40. The van der Waals surface area contributed by atoms with Crippen LogP contribution in [0.4, 0.5) is 0 Å². The third-order valence-corrected chi connectivity index (χ3v) is 3.55. The second kappa shape index (κ2) is 3.68. The molecular weight excluding hydrogens is 196 g/mol. The number of hydrogen-bond acceptors (Lipinski definition) is 4. The van der Waals surface area contributed by atoms with Crippen molar-refractivity contribution < 1.29 is 4.74 Å². The van der Waals surface area contributed by atoms with E-state index in [1.165, 1.54) is 0 Å². The summed E-state index contributed by atoms with van der Waals surface area (Å²) < 4.78 is 5.00. The van der Waals surface area contributed by atoms with Gasteiger partial charge in [-0.15, -0.1) is 11.3 Å². The molecule has 1 heterocycles. The van der Waals surface area contributed by atoms with E-state index < -0.39 is 0 Å². The van der Waals surface area contributed by atoms with E-state index in [9.17, 15) is 0 Å². The Balaban J connectivity index is 2.20. The lowest BCUT2D eigenvalue weighted by molar-refractivity contribution is 0.184. The molecule has 0 N–H and O–H groups in total. The zero-order chi connectivity index (χ0) is 10.0. The molecule has 0 aliphatic heterocycles. The second-order valence-corrected chi connectivity index (χ2v) is 4.55. The fourth-order valence-corrected chi connectivity index (χ4v) is 2.54. The van der Waals surface area contributed by atoms with Crippen molar-refractivity contribution in [1.29, 1.82) is 5.26 Å². The van der Waals surface area contributed by atoms with Gasteiger partial charge in [-0.05, 0) is 19.3 Å². The molecule has 1 aromatic heterocycles. The molecule has 0 bridgehead atoms. The summed E-state index contributed by atoms with van der Waals surface area (Å²) in [6.07, 6.45) is 3.06. The zero-order valence-electron chi connectivity index (χ0n) is 8.12. The first-order chi connectivity index (χ1) is 6.80. The van der Waals surface area contributed by atoms with E-state index in [0.29, 0.717) is 6.61 Å². The van der Waals surface area contributed by atoms with Gasteiger partial charge in [-0.1, -0.05) is 0 Å². The van der Waals surface area contributed by atoms with Crippen molar-refractivity contribution in [2.24, 2.45) is 0 Å². The molecular formula is C10H12N2OS. The van der Waals surface area contributed by atoms with E-state index in [-0.39, 0.29) is 5.41 Å². The number of nitriles is 1. The smallest absolute Gasteiger partial charge is 0.119 e. The van der Waals surface area contributed by atoms with Crippen molar-refractivity contribution in [3.05, 3.63) is 16.1 Å². The SMILES string of the molecule is COCc1nc(C2(C#N)CCC2)cs1. The number of rotatable bonds is 3. The van der Waals surface area contributed by atoms with Crippen LogP contribution in [0.1, 0.15) is 30.0 Å². The summed E-state index contributed by atoms with van der Waals surface area (Å²) in [7, 11) is 1.66. The molecule has 1 fully saturated rings. The zero-order valence-corrected chi connectivity index (χ0v) is 8.93. The Hall–Kier alpha value is -0.920. The number of thiazole rings is 1. The van der Waals surface area contributed by atoms with Gasteiger partial charge in [0.25, 0.3) is 0 Å². The van der Waals surface area contributed by atoms with Gasteiger partial charge in [0.2, 0.25) is 0 Å². The van der Waals surface area contributed by atoms with Gasteiger partial charge in [-0.3, -0.25) is 0 Å². The third-order valence-electron chi connectivity index (χ3n) is 2.73. The molecule has 1 aliphatic carbocycles. The van der Waals surface area contributed by atoms with E-state index in [4.69, 9.17) is 10.00 Å². The Morgan fingerprint density at radius 2 is 2.50 bits per heavy atom. The lowest BCUT2D eigenvalue weighted by atomic mass is 9.68. The monoisotopic (exact) mass is 208 g/mol. The molecule has 0 amide bonds. The summed E-state index contributed by atoms with van der Waals surface area (Å²) >= 11 is 1.58. The summed E-state index contributed by atoms with van der Waals surface area (Å²) in [6, 6.07) is 2.39. The standard InChI is InChI=1S/C10H12N2OS/c1-13-5-9-12-8(6-14-9)10(7-11)3-2-4-10/h6H,2-5H2,1H3. The topological polar surface area (TPSA) is 45.9 Å². The van der Waals surface area contributed by atoms with E-state index in [1.54, 1.807) is 18.4 Å². The van der Waals surface area contributed by atoms with Gasteiger partial charge < -0.3 is 4.74 Å². The molecule has 0 radical (unpaired) electrons. The number of ether oxygens (including phenoxy) is 1.